The lowest BCUT2D eigenvalue weighted by Gasteiger charge is -2.06. The van der Waals surface area contributed by atoms with Crippen LogP contribution in [0.15, 0.2) is 0 Å². The molecule has 2 unspecified atom stereocenters. The third-order valence-electron chi connectivity index (χ3n) is 1.44. The molecule has 0 aromatic carbocycles. The molecule has 2 atom stereocenters. The number of imide groups is 1. The lowest BCUT2D eigenvalue weighted by Crippen LogP contribution is -2.42. The Morgan fingerprint density at radius 2 is 2.33 bits per heavy atom. The number of rotatable bonds is 3. The normalized spacial score (nSPS) is 22.9. The number of carbonyl (C=O) groups excluding carboxylic acids is 2. The average molecular weight is 174 g/mol. The maximum atomic E-state index is 10.8. The summed E-state index contributed by atoms with van der Waals surface area (Å²) >= 11 is 0. The molecule has 0 bridgehead atoms. The van der Waals surface area contributed by atoms with Gasteiger partial charge in [0.15, 0.2) is 0 Å². The summed E-state index contributed by atoms with van der Waals surface area (Å²) in [4.78, 5) is 21.0. The second kappa shape index (κ2) is 3.51. The Labute approximate surface area is 68.7 Å². The van der Waals surface area contributed by atoms with Gasteiger partial charge in [0.2, 0.25) is 0 Å². The summed E-state index contributed by atoms with van der Waals surface area (Å²) in [5.41, 5.74) is 4.66. The van der Waals surface area contributed by atoms with E-state index in [-0.39, 0.29) is 12.5 Å². The van der Waals surface area contributed by atoms with Gasteiger partial charge in [-0.3, -0.25) is 10.1 Å². The topological polar surface area (TPSA) is 105 Å². The Hall–Kier alpha value is -1.14. The highest BCUT2D eigenvalue weighted by Crippen LogP contribution is 2.15. The van der Waals surface area contributed by atoms with Gasteiger partial charge in [-0.05, 0) is 0 Å². The van der Waals surface area contributed by atoms with Crippen LogP contribution in [0, 0.1) is 0 Å². The monoisotopic (exact) mass is 174 g/mol. The van der Waals surface area contributed by atoms with Crippen molar-refractivity contribution in [3.63, 3.8) is 0 Å². The van der Waals surface area contributed by atoms with E-state index in [1.165, 1.54) is 0 Å². The van der Waals surface area contributed by atoms with Crippen LogP contribution in [0.3, 0.4) is 0 Å². The summed E-state index contributed by atoms with van der Waals surface area (Å²) in [7, 11) is 0. The molecule has 0 saturated carbocycles. The van der Waals surface area contributed by atoms with E-state index in [4.69, 9.17) is 9.84 Å². The van der Waals surface area contributed by atoms with Crippen LogP contribution in [0.4, 0.5) is 4.79 Å². The van der Waals surface area contributed by atoms with Gasteiger partial charge in [-0.2, -0.15) is 0 Å². The van der Waals surface area contributed by atoms with Crippen molar-refractivity contribution in [3.8, 4) is 0 Å². The van der Waals surface area contributed by atoms with Crippen LogP contribution in [-0.2, 0) is 9.53 Å². The zero-order valence-corrected chi connectivity index (χ0v) is 6.32. The second-order valence-electron chi connectivity index (χ2n) is 2.56. The van der Waals surface area contributed by atoms with Gasteiger partial charge in [-0.15, -0.1) is 0 Å². The molecular weight excluding hydrogens is 164 g/mol. The van der Waals surface area contributed by atoms with Crippen LogP contribution >= 0.6 is 0 Å². The van der Waals surface area contributed by atoms with Crippen LogP contribution in [0.1, 0.15) is 6.42 Å². The predicted octanol–water partition coefficient (Wildman–Crippen LogP) is -1.67. The van der Waals surface area contributed by atoms with E-state index < -0.39 is 18.0 Å². The molecule has 1 aliphatic rings. The largest absolute Gasteiger partial charge is 0.383 e. The first-order chi connectivity index (χ1) is 5.59. The van der Waals surface area contributed by atoms with Gasteiger partial charge in [0, 0.05) is 6.42 Å². The fourth-order valence-electron chi connectivity index (χ4n) is 0.765. The summed E-state index contributed by atoms with van der Waals surface area (Å²) in [6.07, 6.45) is -1.07. The van der Waals surface area contributed by atoms with Crippen LogP contribution in [0.5, 0.6) is 0 Å². The summed E-state index contributed by atoms with van der Waals surface area (Å²) in [5, 5.41) is 10.8. The number of hydrogen-bond acceptors (Lipinski definition) is 4. The molecule has 0 aromatic rings. The molecule has 4 N–H and O–H groups in total. The molecule has 1 heterocycles. The summed E-state index contributed by atoms with van der Waals surface area (Å²) in [6.45, 7) is 0.556. The van der Waals surface area contributed by atoms with Crippen LogP contribution in [-0.4, -0.2) is 35.9 Å². The fourth-order valence-corrected chi connectivity index (χ4v) is 0.765. The molecule has 0 radical (unpaired) electrons. The molecule has 1 rings (SSSR count). The van der Waals surface area contributed by atoms with E-state index >= 15 is 0 Å². The number of amides is 3. The van der Waals surface area contributed by atoms with Gasteiger partial charge in [0.25, 0.3) is 5.91 Å². The standard InChI is InChI=1S/C6H10N2O4/c7-6(11)8-5(10)4(9)1-3-2-12-3/h3-4,9H,1-2H2,(H3,7,8,10,11). The van der Waals surface area contributed by atoms with E-state index in [1.54, 1.807) is 5.32 Å². The maximum absolute atomic E-state index is 10.8. The Bertz CT molecular complexity index is 202. The molecule has 0 aromatic heterocycles. The minimum absolute atomic E-state index is 0.0568. The molecule has 0 spiro atoms. The SMILES string of the molecule is NC(=O)NC(=O)C(O)CC1CO1. The molecule has 1 fully saturated rings. The number of carbonyl (C=O) groups is 2. The summed E-state index contributed by atoms with van der Waals surface area (Å²) < 4.78 is 4.78. The number of nitrogens with two attached hydrogens (primary N) is 1. The quantitative estimate of drug-likeness (QED) is 0.445. The third kappa shape index (κ3) is 2.85. The Balaban J connectivity index is 2.24. The highest BCUT2D eigenvalue weighted by molar-refractivity contribution is 5.95. The number of nitrogens with one attached hydrogen (secondary N) is 1. The number of ether oxygens (including phenoxy) is 1. The van der Waals surface area contributed by atoms with Crippen LogP contribution in [0.2, 0.25) is 0 Å². The first kappa shape index (κ1) is 8.95. The molecule has 0 aliphatic carbocycles. The van der Waals surface area contributed by atoms with Gasteiger partial charge in [0.1, 0.15) is 6.10 Å². The Morgan fingerprint density at radius 1 is 1.75 bits per heavy atom. The van der Waals surface area contributed by atoms with Crippen molar-refractivity contribution in [2.45, 2.75) is 18.6 Å². The average Bonchev–Trinajstić information content (AvgIpc) is 2.70. The Kier molecular flexibility index (Phi) is 2.61. The van der Waals surface area contributed by atoms with E-state index in [2.05, 4.69) is 5.73 Å². The summed E-state index contributed by atoms with van der Waals surface area (Å²) in [6, 6.07) is -0.962. The minimum Gasteiger partial charge on any atom is -0.383 e. The van der Waals surface area contributed by atoms with Crippen molar-refractivity contribution in [3.05, 3.63) is 0 Å². The molecule has 6 nitrogen and oxygen atoms in total. The lowest BCUT2D eigenvalue weighted by atomic mass is 10.2. The smallest absolute Gasteiger partial charge is 0.318 e. The molecule has 1 saturated heterocycles. The maximum Gasteiger partial charge on any atom is 0.318 e. The van der Waals surface area contributed by atoms with Gasteiger partial charge in [-0.25, -0.2) is 4.79 Å². The first-order valence-electron chi connectivity index (χ1n) is 3.49. The molecule has 3 amide bonds. The minimum atomic E-state index is -1.22. The number of aliphatic hydroxyl groups excluding tert-OH is 1. The fraction of sp³-hybridized carbons (Fsp3) is 0.667. The number of aliphatic hydroxyl groups is 1. The van der Waals surface area contributed by atoms with Crippen molar-refractivity contribution in [1.82, 2.24) is 5.32 Å². The van der Waals surface area contributed by atoms with Crippen molar-refractivity contribution >= 4 is 11.9 Å². The molecule has 12 heavy (non-hydrogen) atoms. The van der Waals surface area contributed by atoms with Crippen LogP contribution in [0.25, 0.3) is 0 Å². The number of hydrogen-bond donors (Lipinski definition) is 3. The van der Waals surface area contributed by atoms with E-state index in [0.29, 0.717) is 6.61 Å². The van der Waals surface area contributed by atoms with Crippen molar-refractivity contribution in [1.29, 1.82) is 0 Å². The second-order valence-corrected chi connectivity index (χ2v) is 2.56. The van der Waals surface area contributed by atoms with Crippen molar-refractivity contribution in [2.75, 3.05) is 6.61 Å². The number of urea groups is 1. The van der Waals surface area contributed by atoms with Gasteiger partial charge < -0.3 is 15.6 Å². The van der Waals surface area contributed by atoms with Crippen molar-refractivity contribution < 1.29 is 19.4 Å². The first-order valence-corrected chi connectivity index (χ1v) is 3.49. The summed E-state index contributed by atoms with van der Waals surface area (Å²) in [5.74, 6) is -0.780. The van der Waals surface area contributed by atoms with Gasteiger partial charge >= 0.3 is 6.03 Å². The van der Waals surface area contributed by atoms with E-state index in [0.717, 1.165) is 0 Å². The molecule has 1 aliphatic heterocycles. The van der Waals surface area contributed by atoms with Crippen LogP contribution < -0.4 is 11.1 Å². The zero-order valence-electron chi connectivity index (χ0n) is 6.32. The molecular formula is C6H10N2O4. The zero-order chi connectivity index (χ0) is 9.14. The van der Waals surface area contributed by atoms with Crippen molar-refractivity contribution in [2.24, 2.45) is 5.73 Å². The van der Waals surface area contributed by atoms with Gasteiger partial charge in [-0.1, -0.05) is 0 Å². The molecule has 6 heteroatoms. The Morgan fingerprint density at radius 3 is 2.75 bits per heavy atom. The van der Waals surface area contributed by atoms with E-state index in [1.807, 2.05) is 0 Å². The highest BCUT2D eigenvalue weighted by Gasteiger charge is 2.29. The number of primary amides is 1. The van der Waals surface area contributed by atoms with Gasteiger partial charge in [0.05, 0.1) is 12.7 Å². The third-order valence-corrected chi connectivity index (χ3v) is 1.44. The number of epoxide rings is 1. The molecule has 68 valence electrons. The highest BCUT2D eigenvalue weighted by atomic mass is 16.6. The predicted molar refractivity (Wildman–Crippen MR) is 38.1 cm³/mol. The lowest BCUT2D eigenvalue weighted by molar-refractivity contribution is -0.128. The van der Waals surface area contributed by atoms with E-state index in [9.17, 15) is 9.59 Å².